The van der Waals surface area contributed by atoms with Crippen LogP contribution in [0.3, 0.4) is 0 Å². The number of benzene rings is 1. The van der Waals surface area contributed by atoms with Crippen molar-refractivity contribution in [3.05, 3.63) is 40.9 Å². The molecule has 2 aromatic heterocycles. The van der Waals surface area contributed by atoms with Crippen LogP contribution in [0.2, 0.25) is 0 Å². The molecule has 0 aliphatic rings. The quantitative estimate of drug-likeness (QED) is 0.689. The van der Waals surface area contributed by atoms with Gasteiger partial charge in [-0.25, -0.2) is 14.5 Å². The fourth-order valence-corrected chi connectivity index (χ4v) is 2.01. The number of carbonyl (C=O) groups is 1. The second-order valence-electron chi connectivity index (χ2n) is 4.58. The third-order valence-corrected chi connectivity index (χ3v) is 2.89. The number of fused-ring (bicyclic) bond motifs is 1. The maximum absolute atomic E-state index is 12.5. The highest BCUT2D eigenvalue weighted by atomic mass is 19.4. The highest BCUT2D eigenvalue weighted by Gasteiger charge is 2.32. The number of aromatic nitrogens is 4. The van der Waals surface area contributed by atoms with E-state index in [2.05, 4.69) is 24.5 Å². The van der Waals surface area contributed by atoms with Gasteiger partial charge in [0.25, 0.3) is 5.56 Å². The van der Waals surface area contributed by atoms with Crippen molar-refractivity contribution in [2.24, 2.45) is 0 Å². The predicted molar refractivity (Wildman–Crippen MR) is 74.8 cm³/mol. The lowest BCUT2D eigenvalue weighted by atomic mass is 10.2. The first-order valence-electron chi connectivity index (χ1n) is 6.47. The van der Waals surface area contributed by atoms with E-state index in [4.69, 9.17) is 5.11 Å². The van der Waals surface area contributed by atoms with Gasteiger partial charge in [-0.05, 0) is 12.1 Å². The molecule has 130 valence electrons. The van der Waals surface area contributed by atoms with Crippen molar-refractivity contribution < 1.29 is 32.5 Å². The minimum Gasteiger partial charge on any atom is -0.449 e. The molecular weight excluding hydrogens is 349 g/mol. The fourth-order valence-electron chi connectivity index (χ4n) is 2.01. The molecule has 0 bridgehead atoms. The van der Waals surface area contributed by atoms with E-state index in [1.54, 1.807) is 0 Å². The maximum Gasteiger partial charge on any atom is 0.573 e. The van der Waals surface area contributed by atoms with Gasteiger partial charge >= 0.3 is 12.5 Å². The Morgan fingerprint density at radius 1 is 1.32 bits per heavy atom. The molecule has 0 radical (unpaired) electrons. The van der Waals surface area contributed by atoms with Gasteiger partial charge in [0, 0.05) is 0 Å². The topological polar surface area (TPSA) is 119 Å². The Bertz CT molecular complexity index is 1010. The zero-order valence-electron chi connectivity index (χ0n) is 11.9. The van der Waals surface area contributed by atoms with E-state index in [0.717, 1.165) is 23.1 Å². The summed E-state index contributed by atoms with van der Waals surface area (Å²) in [5, 5.41) is 12.1. The molecule has 0 spiro atoms. The standard InChI is InChI=1S/C13H7F3N4O5/c14-13(15,16)25-8-3-1-2-7-9(8)18-11(19-10(7)21)20-5-6(4-17-20)24-12(22)23/h1-5H,(H,22,23)(H,18,19,21). The summed E-state index contributed by atoms with van der Waals surface area (Å²) in [5.74, 6) is -1.09. The third-order valence-electron chi connectivity index (χ3n) is 2.89. The van der Waals surface area contributed by atoms with Crippen LogP contribution in [0.15, 0.2) is 35.4 Å². The lowest BCUT2D eigenvalue weighted by molar-refractivity contribution is -0.274. The first-order valence-corrected chi connectivity index (χ1v) is 6.47. The minimum absolute atomic E-state index is 0.125. The molecule has 3 aromatic rings. The normalized spacial score (nSPS) is 11.5. The molecule has 0 saturated heterocycles. The Labute approximate surface area is 135 Å². The molecule has 0 aliphatic carbocycles. The monoisotopic (exact) mass is 356 g/mol. The van der Waals surface area contributed by atoms with Gasteiger partial charge in [0.2, 0.25) is 5.95 Å². The second kappa shape index (κ2) is 5.81. The summed E-state index contributed by atoms with van der Waals surface area (Å²) in [5.41, 5.74) is -1.07. The van der Waals surface area contributed by atoms with Gasteiger partial charge in [-0.2, -0.15) is 5.10 Å². The number of ether oxygens (including phenoxy) is 2. The van der Waals surface area contributed by atoms with Crippen LogP contribution >= 0.6 is 0 Å². The summed E-state index contributed by atoms with van der Waals surface area (Å²) in [6.07, 6.45) is -4.45. The van der Waals surface area contributed by atoms with Crippen molar-refractivity contribution in [2.45, 2.75) is 6.36 Å². The highest BCUT2D eigenvalue weighted by molar-refractivity contribution is 5.84. The molecule has 12 heteroatoms. The lowest BCUT2D eigenvalue weighted by Crippen LogP contribution is -2.19. The molecule has 2 N–H and O–H groups in total. The number of alkyl halides is 3. The Morgan fingerprint density at radius 2 is 2.08 bits per heavy atom. The number of nitrogens with zero attached hydrogens (tertiary/aromatic N) is 3. The summed E-state index contributed by atoms with van der Waals surface area (Å²) in [7, 11) is 0. The Kier molecular flexibility index (Phi) is 3.79. The molecule has 1 aromatic carbocycles. The molecule has 0 aliphatic heterocycles. The van der Waals surface area contributed by atoms with Gasteiger partial charge in [-0.3, -0.25) is 9.78 Å². The second-order valence-corrected chi connectivity index (χ2v) is 4.58. The van der Waals surface area contributed by atoms with Crippen molar-refractivity contribution in [2.75, 3.05) is 0 Å². The maximum atomic E-state index is 12.5. The third kappa shape index (κ3) is 3.52. The van der Waals surface area contributed by atoms with Gasteiger partial charge in [-0.15, -0.1) is 13.2 Å². The summed E-state index contributed by atoms with van der Waals surface area (Å²) in [4.78, 5) is 28.8. The average molecular weight is 356 g/mol. The Hall–Kier alpha value is -3.57. The van der Waals surface area contributed by atoms with Gasteiger partial charge in [0.1, 0.15) is 5.52 Å². The number of para-hydroxylation sites is 1. The van der Waals surface area contributed by atoms with Crippen LogP contribution in [0, 0.1) is 0 Å². The van der Waals surface area contributed by atoms with E-state index >= 15 is 0 Å². The molecule has 0 unspecified atom stereocenters. The molecule has 2 heterocycles. The van der Waals surface area contributed by atoms with Crippen molar-refractivity contribution in [3.8, 4) is 17.4 Å². The number of halogens is 3. The fraction of sp³-hybridized carbons (Fsp3) is 0.0769. The number of nitrogens with one attached hydrogen (secondary N) is 1. The van der Waals surface area contributed by atoms with Crippen molar-refractivity contribution in [3.63, 3.8) is 0 Å². The molecule has 3 rings (SSSR count). The number of aromatic amines is 1. The molecule has 9 nitrogen and oxygen atoms in total. The van der Waals surface area contributed by atoms with E-state index < -0.39 is 23.8 Å². The van der Waals surface area contributed by atoms with E-state index in [0.29, 0.717) is 0 Å². The van der Waals surface area contributed by atoms with Crippen LogP contribution in [-0.2, 0) is 0 Å². The zero-order valence-corrected chi connectivity index (χ0v) is 11.9. The zero-order chi connectivity index (χ0) is 18.2. The van der Waals surface area contributed by atoms with Crippen LogP contribution in [0.4, 0.5) is 18.0 Å². The molecule has 0 atom stereocenters. The van der Waals surface area contributed by atoms with Crippen LogP contribution in [0.5, 0.6) is 11.5 Å². The SMILES string of the molecule is O=C(O)Oc1cnn(-c2nc3c(OC(F)(F)F)cccc3c(=O)[nH]2)c1. The number of H-pyrrole nitrogens is 1. The number of carboxylic acid groups (broad SMARTS) is 1. The number of hydrogen-bond donors (Lipinski definition) is 2. The largest absolute Gasteiger partial charge is 0.573 e. The summed E-state index contributed by atoms with van der Waals surface area (Å²) in [6, 6.07) is 3.50. The molecule has 0 saturated carbocycles. The average Bonchev–Trinajstić information content (AvgIpc) is 2.94. The molecular formula is C13H7F3N4O5. The van der Waals surface area contributed by atoms with Crippen molar-refractivity contribution in [1.82, 2.24) is 19.7 Å². The van der Waals surface area contributed by atoms with Gasteiger partial charge < -0.3 is 14.6 Å². The Balaban J connectivity index is 2.11. The van der Waals surface area contributed by atoms with E-state index in [1.165, 1.54) is 12.1 Å². The van der Waals surface area contributed by atoms with Gasteiger partial charge in [0.05, 0.1) is 17.8 Å². The van der Waals surface area contributed by atoms with Crippen LogP contribution in [-0.4, -0.2) is 37.4 Å². The number of hydrogen-bond acceptors (Lipinski definition) is 6. The highest BCUT2D eigenvalue weighted by Crippen LogP contribution is 2.28. The van der Waals surface area contributed by atoms with Gasteiger partial charge in [0.15, 0.2) is 11.5 Å². The van der Waals surface area contributed by atoms with Crippen LogP contribution in [0.25, 0.3) is 16.9 Å². The van der Waals surface area contributed by atoms with Crippen LogP contribution in [0.1, 0.15) is 0 Å². The summed E-state index contributed by atoms with van der Waals surface area (Å²) < 4.78 is 46.6. The summed E-state index contributed by atoms with van der Waals surface area (Å²) in [6.45, 7) is 0. The number of rotatable bonds is 3. The minimum atomic E-state index is -4.97. The molecule has 0 fully saturated rings. The summed E-state index contributed by atoms with van der Waals surface area (Å²) >= 11 is 0. The molecule has 25 heavy (non-hydrogen) atoms. The first kappa shape index (κ1) is 16.3. The van der Waals surface area contributed by atoms with E-state index in [9.17, 15) is 22.8 Å². The molecule has 0 amide bonds. The Morgan fingerprint density at radius 3 is 2.76 bits per heavy atom. The van der Waals surface area contributed by atoms with E-state index in [1.807, 2.05) is 0 Å². The van der Waals surface area contributed by atoms with Crippen molar-refractivity contribution in [1.29, 1.82) is 0 Å². The smallest absolute Gasteiger partial charge is 0.449 e. The first-order chi connectivity index (χ1) is 11.7. The van der Waals surface area contributed by atoms with Gasteiger partial charge in [-0.1, -0.05) is 6.07 Å². The van der Waals surface area contributed by atoms with Crippen molar-refractivity contribution >= 4 is 17.1 Å². The predicted octanol–water partition coefficient (Wildman–Crippen LogP) is 2.06. The lowest BCUT2D eigenvalue weighted by Gasteiger charge is -2.11. The van der Waals surface area contributed by atoms with E-state index in [-0.39, 0.29) is 22.6 Å². The van der Waals surface area contributed by atoms with Crippen LogP contribution < -0.4 is 15.0 Å².